The first-order chi connectivity index (χ1) is 11.1. The van der Waals surface area contributed by atoms with Gasteiger partial charge in [-0.15, -0.1) is 11.3 Å². The molecule has 1 aliphatic rings. The molecule has 3 rings (SSSR count). The summed E-state index contributed by atoms with van der Waals surface area (Å²) in [6.45, 7) is 6.21. The van der Waals surface area contributed by atoms with Gasteiger partial charge in [-0.2, -0.15) is 5.10 Å². The van der Waals surface area contributed by atoms with Gasteiger partial charge in [0, 0.05) is 51.3 Å². The average molecular weight is 334 g/mol. The van der Waals surface area contributed by atoms with Gasteiger partial charge in [0.15, 0.2) is 0 Å². The minimum atomic E-state index is -0.0559. The van der Waals surface area contributed by atoms with E-state index in [0.29, 0.717) is 0 Å². The number of rotatable bonds is 4. The molecule has 3 heterocycles. The Morgan fingerprint density at radius 3 is 2.74 bits per heavy atom. The van der Waals surface area contributed by atoms with Crippen LogP contribution in [0.2, 0.25) is 0 Å². The van der Waals surface area contributed by atoms with Crippen molar-refractivity contribution in [3.8, 4) is 0 Å². The van der Waals surface area contributed by atoms with Crippen molar-refractivity contribution in [2.24, 2.45) is 7.05 Å². The second-order valence-electron chi connectivity index (χ2n) is 5.68. The summed E-state index contributed by atoms with van der Waals surface area (Å²) < 4.78 is 1.67. The van der Waals surface area contributed by atoms with Crippen molar-refractivity contribution in [1.82, 2.24) is 24.6 Å². The molecule has 0 saturated carbocycles. The minimum Gasteiger partial charge on any atom is -0.322 e. The molecule has 7 nitrogen and oxygen atoms in total. The van der Waals surface area contributed by atoms with E-state index in [-0.39, 0.29) is 6.03 Å². The van der Waals surface area contributed by atoms with Gasteiger partial charge < -0.3 is 10.2 Å². The lowest BCUT2D eigenvalue weighted by Crippen LogP contribution is -2.49. The summed E-state index contributed by atoms with van der Waals surface area (Å²) in [6.07, 6.45) is 4.44. The van der Waals surface area contributed by atoms with E-state index in [1.165, 1.54) is 5.01 Å². The van der Waals surface area contributed by atoms with E-state index in [0.717, 1.165) is 50.5 Å². The van der Waals surface area contributed by atoms with Crippen molar-refractivity contribution in [3.05, 3.63) is 28.5 Å². The second-order valence-corrected chi connectivity index (χ2v) is 6.62. The van der Waals surface area contributed by atoms with E-state index in [1.807, 2.05) is 11.9 Å². The maximum atomic E-state index is 12.2. The molecular weight excluding hydrogens is 312 g/mol. The van der Waals surface area contributed by atoms with Gasteiger partial charge in [0.05, 0.1) is 22.6 Å². The van der Waals surface area contributed by atoms with E-state index in [1.54, 1.807) is 28.4 Å². The van der Waals surface area contributed by atoms with Crippen LogP contribution in [-0.4, -0.2) is 56.8 Å². The van der Waals surface area contributed by atoms with Gasteiger partial charge in [-0.1, -0.05) is 6.92 Å². The zero-order valence-corrected chi connectivity index (χ0v) is 14.3. The smallest absolute Gasteiger partial charge is 0.322 e. The Kier molecular flexibility index (Phi) is 4.92. The molecule has 0 atom stereocenters. The number of thiazole rings is 1. The SMILES string of the molecule is CCc1nc(CN2CCN(C(=O)Nc3cnn(C)c3)CC2)cs1. The first kappa shape index (κ1) is 15.9. The fourth-order valence-corrected chi connectivity index (χ4v) is 3.35. The van der Waals surface area contributed by atoms with Crippen molar-refractivity contribution in [1.29, 1.82) is 0 Å². The lowest BCUT2D eigenvalue weighted by molar-refractivity contribution is 0.142. The van der Waals surface area contributed by atoms with Crippen LogP contribution in [0.25, 0.3) is 0 Å². The van der Waals surface area contributed by atoms with E-state index in [2.05, 4.69) is 32.6 Å². The van der Waals surface area contributed by atoms with Gasteiger partial charge in [0.2, 0.25) is 0 Å². The summed E-state index contributed by atoms with van der Waals surface area (Å²) in [5, 5.41) is 10.3. The van der Waals surface area contributed by atoms with E-state index >= 15 is 0 Å². The van der Waals surface area contributed by atoms with Gasteiger partial charge in [-0.3, -0.25) is 9.58 Å². The van der Waals surface area contributed by atoms with Crippen LogP contribution < -0.4 is 5.32 Å². The van der Waals surface area contributed by atoms with Crippen LogP contribution >= 0.6 is 11.3 Å². The summed E-state index contributed by atoms with van der Waals surface area (Å²) in [5.74, 6) is 0. The van der Waals surface area contributed by atoms with Crippen LogP contribution in [0.3, 0.4) is 0 Å². The number of anilines is 1. The maximum absolute atomic E-state index is 12.2. The largest absolute Gasteiger partial charge is 0.322 e. The van der Waals surface area contributed by atoms with E-state index in [9.17, 15) is 4.79 Å². The number of nitrogens with one attached hydrogen (secondary N) is 1. The Labute approximate surface area is 139 Å². The van der Waals surface area contributed by atoms with Crippen LogP contribution in [0.4, 0.5) is 10.5 Å². The molecule has 124 valence electrons. The first-order valence-corrected chi connectivity index (χ1v) is 8.72. The predicted molar refractivity (Wildman–Crippen MR) is 90.6 cm³/mol. The number of hydrogen-bond donors (Lipinski definition) is 1. The van der Waals surface area contributed by atoms with Crippen molar-refractivity contribution in [3.63, 3.8) is 0 Å². The van der Waals surface area contributed by atoms with Gasteiger partial charge in [0.25, 0.3) is 0 Å². The standard InChI is InChI=1S/C15H22N6OS/c1-3-14-17-13(11-23-14)10-20-4-6-21(7-5-20)15(22)18-12-8-16-19(2)9-12/h8-9,11H,3-7,10H2,1-2H3,(H,18,22). The zero-order chi connectivity index (χ0) is 16.2. The molecule has 0 bridgehead atoms. The fraction of sp³-hybridized carbons (Fsp3) is 0.533. The third-order valence-corrected chi connectivity index (χ3v) is 4.94. The number of aryl methyl sites for hydroxylation is 2. The molecule has 0 unspecified atom stereocenters. The third-order valence-electron chi connectivity index (χ3n) is 3.90. The summed E-state index contributed by atoms with van der Waals surface area (Å²) in [6, 6.07) is -0.0559. The van der Waals surface area contributed by atoms with Crippen LogP contribution in [0.5, 0.6) is 0 Å². The molecule has 8 heteroatoms. The number of hydrogen-bond acceptors (Lipinski definition) is 5. The van der Waals surface area contributed by atoms with Crippen molar-refractivity contribution in [2.75, 3.05) is 31.5 Å². The lowest BCUT2D eigenvalue weighted by Gasteiger charge is -2.34. The molecular formula is C15H22N6OS. The Hall–Kier alpha value is -1.93. The second kappa shape index (κ2) is 7.10. The number of urea groups is 1. The molecule has 0 aliphatic carbocycles. The van der Waals surface area contributed by atoms with Crippen molar-refractivity contribution < 1.29 is 4.79 Å². The van der Waals surface area contributed by atoms with Gasteiger partial charge in [-0.05, 0) is 6.42 Å². The number of piperazine rings is 1. The Balaban J connectivity index is 1.47. The molecule has 0 spiro atoms. The highest BCUT2D eigenvalue weighted by molar-refractivity contribution is 7.09. The first-order valence-electron chi connectivity index (χ1n) is 7.84. The topological polar surface area (TPSA) is 66.3 Å². The Morgan fingerprint density at radius 1 is 1.35 bits per heavy atom. The quantitative estimate of drug-likeness (QED) is 0.926. The van der Waals surface area contributed by atoms with Gasteiger partial charge in [-0.25, -0.2) is 9.78 Å². The van der Waals surface area contributed by atoms with Gasteiger partial charge in [0.1, 0.15) is 0 Å². The molecule has 0 radical (unpaired) electrons. The predicted octanol–water partition coefficient (Wildman–Crippen LogP) is 1.79. The molecule has 0 aromatic carbocycles. The van der Waals surface area contributed by atoms with Crippen LogP contribution in [0.15, 0.2) is 17.8 Å². The summed E-state index contributed by atoms with van der Waals surface area (Å²) >= 11 is 1.73. The molecule has 23 heavy (non-hydrogen) atoms. The fourth-order valence-electron chi connectivity index (χ4n) is 2.61. The monoisotopic (exact) mass is 334 g/mol. The van der Waals surface area contributed by atoms with E-state index < -0.39 is 0 Å². The average Bonchev–Trinajstić information content (AvgIpc) is 3.17. The highest BCUT2D eigenvalue weighted by Gasteiger charge is 2.21. The van der Waals surface area contributed by atoms with Gasteiger partial charge >= 0.3 is 6.03 Å². The third kappa shape index (κ3) is 4.08. The molecule has 1 saturated heterocycles. The van der Waals surface area contributed by atoms with Crippen molar-refractivity contribution >= 4 is 23.1 Å². The maximum Gasteiger partial charge on any atom is 0.322 e. The number of carbonyl (C=O) groups is 1. The Bertz CT molecular complexity index is 658. The molecule has 1 fully saturated rings. The summed E-state index contributed by atoms with van der Waals surface area (Å²) in [5.41, 5.74) is 1.87. The summed E-state index contributed by atoms with van der Waals surface area (Å²) in [7, 11) is 1.83. The lowest BCUT2D eigenvalue weighted by atomic mass is 10.3. The van der Waals surface area contributed by atoms with Crippen LogP contribution in [0, 0.1) is 0 Å². The van der Waals surface area contributed by atoms with Crippen LogP contribution in [0.1, 0.15) is 17.6 Å². The Morgan fingerprint density at radius 2 is 2.13 bits per heavy atom. The number of carbonyl (C=O) groups excluding carboxylic acids is 1. The molecule has 2 aromatic rings. The number of aromatic nitrogens is 3. The highest BCUT2D eigenvalue weighted by atomic mass is 32.1. The van der Waals surface area contributed by atoms with Crippen LogP contribution in [-0.2, 0) is 20.0 Å². The van der Waals surface area contributed by atoms with Crippen molar-refractivity contribution in [2.45, 2.75) is 19.9 Å². The molecule has 1 aliphatic heterocycles. The highest BCUT2D eigenvalue weighted by Crippen LogP contribution is 2.14. The zero-order valence-electron chi connectivity index (χ0n) is 13.5. The normalized spacial score (nSPS) is 15.8. The number of nitrogens with zero attached hydrogens (tertiary/aromatic N) is 5. The van der Waals surface area contributed by atoms with E-state index in [4.69, 9.17) is 0 Å². The molecule has 2 amide bonds. The number of amides is 2. The molecule has 1 N–H and O–H groups in total. The molecule has 2 aromatic heterocycles. The minimum absolute atomic E-state index is 0.0559. The summed E-state index contributed by atoms with van der Waals surface area (Å²) in [4.78, 5) is 21.0.